The summed E-state index contributed by atoms with van der Waals surface area (Å²) in [5.74, 6) is 1.92. The summed E-state index contributed by atoms with van der Waals surface area (Å²) in [6.07, 6.45) is 5.15. The number of nitrogens with zero attached hydrogens (tertiary/aromatic N) is 3. The molecule has 1 aliphatic carbocycles. The Labute approximate surface area is 242 Å². The molecule has 1 fully saturated rings. The minimum Gasteiger partial charge on any atom is -0.493 e. The van der Waals surface area contributed by atoms with E-state index in [1.165, 1.54) is 29.6 Å². The molecule has 4 rings (SSSR count). The van der Waals surface area contributed by atoms with Crippen molar-refractivity contribution in [2.75, 3.05) is 24.7 Å². The largest absolute Gasteiger partial charge is 0.493 e. The van der Waals surface area contributed by atoms with Crippen molar-refractivity contribution < 1.29 is 19.1 Å². The second-order valence-electron chi connectivity index (χ2n) is 11.0. The number of nitrogens with one attached hydrogen (secondary N) is 1. The van der Waals surface area contributed by atoms with Gasteiger partial charge in [-0.1, -0.05) is 23.9 Å². The fraction of sp³-hybridized carbons (Fsp3) is 0.516. The molecule has 0 aromatic heterocycles. The maximum atomic E-state index is 12.7. The lowest BCUT2D eigenvalue weighted by Crippen LogP contribution is -2.39. The van der Waals surface area contributed by atoms with Crippen molar-refractivity contribution >= 4 is 34.3 Å². The first-order valence-corrected chi connectivity index (χ1v) is 15.2. The SMILES string of the molecule is COc1ccc(C2=NN(Cc3ccc(NC(=O)CCN(C(C)C)C(C)C)cc3)C(=O)SC2)cc1OC1CCCC1. The molecular weight excluding hydrogens is 524 g/mol. The van der Waals surface area contributed by atoms with Crippen LogP contribution in [0.3, 0.4) is 0 Å². The van der Waals surface area contributed by atoms with E-state index in [0.29, 0.717) is 36.6 Å². The summed E-state index contributed by atoms with van der Waals surface area (Å²) >= 11 is 1.24. The maximum Gasteiger partial charge on any atom is 0.302 e. The second-order valence-corrected chi connectivity index (χ2v) is 11.9. The zero-order valence-corrected chi connectivity index (χ0v) is 25.1. The number of methoxy groups -OCH3 is 1. The molecule has 216 valence electrons. The van der Waals surface area contributed by atoms with Gasteiger partial charge in [0.05, 0.1) is 25.5 Å². The van der Waals surface area contributed by atoms with Gasteiger partial charge in [0.25, 0.3) is 0 Å². The van der Waals surface area contributed by atoms with Crippen molar-refractivity contribution in [3.8, 4) is 11.5 Å². The van der Waals surface area contributed by atoms with Crippen LogP contribution in [-0.2, 0) is 11.3 Å². The molecule has 1 saturated carbocycles. The van der Waals surface area contributed by atoms with Crippen LogP contribution in [0.25, 0.3) is 0 Å². The van der Waals surface area contributed by atoms with E-state index in [2.05, 4.69) is 37.9 Å². The summed E-state index contributed by atoms with van der Waals surface area (Å²) < 4.78 is 11.8. The molecule has 0 atom stereocenters. The number of carbonyl (C=O) groups is 2. The quantitative estimate of drug-likeness (QED) is 0.314. The van der Waals surface area contributed by atoms with E-state index >= 15 is 0 Å². The third-order valence-corrected chi connectivity index (χ3v) is 8.25. The van der Waals surface area contributed by atoms with Gasteiger partial charge in [0, 0.05) is 42.1 Å². The molecule has 8 nitrogen and oxygen atoms in total. The molecule has 9 heteroatoms. The third kappa shape index (κ3) is 8.01. The number of amides is 2. The van der Waals surface area contributed by atoms with E-state index in [-0.39, 0.29) is 17.3 Å². The molecule has 0 spiro atoms. The van der Waals surface area contributed by atoms with Crippen LogP contribution in [0.5, 0.6) is 11.5 Å². The number of hydrogen-bond donors (Lipinski definition) is 1. The molecule has 0 radical (unpaired) electrons. The van der Waals surface area contributed by atoms with Gasteiger partial charge in [0.1, 0.15) is 0 Å². The Hall–Kier alpha value is -3.04. The third-order valence-electron chi connectivity index (χ3n) is 7.37. The van der Waals surface area contributed by atoms with E-state index < -0.39 is 0 Å². The summed E-state index contributed by atoms with van der Waals surface area (Å²) in [6.45, 7) is 9.66. The van der Waals surface area contributed by atoms with Crippen LogP contribution in [0, 0.1) is 0 Å². The van der Waals surface area contributed by atoms with E-state index in [9.17, 15) is 9.59 Å². The molecule has 40 heavy (non-hydrogen) atoms. The Morgan fingerprint density at radius 1 is 1.07 bits per heavy atom. The minimum absolute atomic E-state index is 0.00771. The monoisotopic (exact) mass is 566 g/mol. The van der Waals surface area contributed by atoms with E-state index in [0.717, 1.165) is 47.7 Å². The first-order valence-electron chi connectivity index (χ1n) is 14.2. The van der Waals surface area contributed by atoms with Crippen LogP contribution in [0.4, 0.5) is 10.5 Å². The fourth-order valence-electron chi connectivity index (χ4n) is 5.23. The summed E-state index contributed by atoms with van der Waals surface area (Å²) in [4.78, 5) is 27.5. The Morgan fingerprint density at radius 3 is 2.42 bits per heavy atom. The van der Waals surface area contributed by atoms with E-state index in [1.54, 1.807) is 7.11 Å². The van der Waals surface area contributed by atoms with Gasteiger partial charge in [-0.2, -0.15) is 5.10 Å². The molecule has 1 heterocycles. The van der Waals surface area contributed by atoms with Crippen molar-refractivity contribution in [3.05, 3.63) is 53.6 Å². The zero-order chi connectivity index (χ0) is 28.6. The number of anilines is 1. The van der Waals surface area contributed by atoms with Gasteiger partial charge in [0.2, 0.25) is 5.91 Å². The standard InChI is InChI=1S/C31H42N4O4S/c1-21(2)34(22(3)4)17-16-30(36)32-25-13-10-23(11-14-25)19-35-31(37)40-20-27(33-35)24-12-15-28(38-5)29(18-24)39-26-8-6-7-9-26/h10-15,18,21-22,26H,6-9,16-17,19-20H2,1-5H3,(H,32,36). The number of hydrazone groups is 1. The van der Waals surface area contributed by atoms with Crippen molar-refractivity contribution in [3.63, 3.8) is 0 Å². The van der Waals surface area contributed by atoms with E-state index in [1.807, 2.05) is 42.5 Å². The number of rotatable bonds is 12. The first-order chi connectivity index (χ1) is 19.2. The van der Waals surface area contributed by atoms with Gasteiger partial charge in [-0.05, 0) is 89.3 Å². The summed E-state index contributed by atoms with van der Waals surface area (Å²) in [5, 5.41) is 9.11. The molecule has 2 aromatic rings. The molecule has 1 N–H and O–H groups in total. The average Bonchev–Trinajstić information content (AvgIpc) is 3.44. The molecular formula is C31H42N4O4S. The predicted molar refractivity (Wildman–Crippen MR) is 162 cm³/mol. The molecule has 2 amide bonds. The van der Waals surface area contributed by atoms with Crippen LogP contribution >= 0.6 is 11.8 Å². The molecule has 0 unspecified atom stereocenters. The molecule has 0 saturated heterocycles. The predicted octanol–water partition coefficient (Wildman–Crippen LogP) is 6.54. The molecule has 2 aromatic carbocycles. The zero-order valence-electron chi connectivity index (χ0n) is 24.3. The van der Waals surface area contributed by atoms with Crippen molar-refractivity contribution in [2.45, 2.75) is 84.5 Å². The Kier molecular flexibility index (Phi) is 10.5. The van der Waals surface area contributed by atoms with Crippen LogP contribution in [-0.4, -0.2) is 64.4 Å². The summed E-state index contributed by atoms with van der Waals surface area (Å²) in [5.41, 5.74) is 3.42. The maximum absolute atomic E-state index is 12.7. The topological polar surface area (TPSA) is 83.5 Å². The highest BCUT2D eigenvalue weighted by molar-refractivity contribution is 8.14. The lowest BCUT2D eigenvalue weighted by Gasteiger charge is -2.30. The van der Waals surface area contributed by atoms with Gasteiger partial charge in [-0.15, -0.1) is 0 Å². The Bertz CT molecular complexity index is 1180. The second kappa shape index (κ2) is 14.0. The minimum atomic E-state index is -0.0862. The number of thioether (sulfide) groups is 1. The molecule has 1 aliphatic heterocycles. The highest BCUT2D eigenvalue weighted by atomic mass is 32.2. The van der Waals surface area contributed by atoms with Crippen LogP contribution in [0.2, 0.25) is 0 Å². The number of hydrogen-bond acceptors (Lipinski definition) is 7. The van der Waals surface area contributed by atoms with Gasteiger partial charge >= 0.3 is 5.24 Å². The highest BCUT2D eigenvalue weighted by Crippen LogP contribution is 2.33. The van der Waals surface area contributed by atoms with Crippen LogP contribution in [0.15, 0.2) is 47.6 Å². The Balaban J connectivity index is 1.38. The normalized spacial score (nSPS) is 16.1. The lowest BCUT2D eigenvalue weighted by molar-refractivity contribution is -0.116. The number of benzene rings is 2. The smallest absolute Gasteiger partial charge is 0.302 e. The average molecular weight is 567 g/mol. The van der Waals surface area contributed by atoms with Gasteiger partial charge in [-0.3, -0.25) is 14.5 Å². The van der Waals surface area contributed by atoms with E-state index in [4.69, 9.17) is 14.6 Å². The van der Waals surface area contributed by atoms with Crippen LogP contribution < -0.4 is 14.8 Å². The lowest BCUT2D eigenvalue weighted by atomic mass is 10.1. The Morgan fingerprint density at radius 2 is 1.77 bits per heavy atom. The van der Waals surface area contributed by atoms with Gasteiger partial charge < -0.3 is 14.8 Å². The van der Waals surface area contributed by atoms with Crippen molar-refractivity contribution in [1.82, 2.24) is 9.91 Å². The van der Waals surface area contributed by atoms with Crippen LogP contribution in [0.1, 0.15) is 70.9 Å². The number of ether oxygens (including phenoxy) is 2. The first kappa shape index (κ1) is 29.9. The van der Waals surface area contributed by atoms with Crippen molar-refractivity contribution in [1.29, 1.82) is 0 Å². The van der Waals surface area contributed by atoms with Gasteiger partial charge in [-0.25, -0.2) is 5.01 Å². The number of carbonyl (C=O) groups excluding carboxylic acids is 2. The summed E-state index contributed by atoms with van der Waals surface area (Å²) in [7, 11) is 1.65. The fourth-order valence-corrected chi connectivity index (χ4v) is 5.97. The highest BCUT2D eigenvalue weighted by Gasteiger charge is 2.24. The molecule has 0 bridgehead atoms. The summed E-state index contributed by atoms with van der Waals surface area (Å²) in [6, 6.07) is 14.2. The molecule has 2 aliphatic rings. The van der Waals surface area contributed by atoms with Gasteiger partial charge in [0.15, 0.2) is 11.5 Å². The van der Waals surface area contributed by atoms with Crippen molar-refractivity contribution in [2.24, 2.45) is 5.10 Å².